The average Bonchev–Trinajstić information content (AvgIpc) is 2.56. The highest BCUT2D eigenvalue weighted by atomic mass is 16.5. The highest BCUT2D eigenvalue weighted by molar-refractivity contribution is 5.83. The van der Waals surface area contributed by atoms with Crippen molar-refractivity contribution in [2.24, 2.45) is 0 Å². The number of hydrogen-bond donors (Lipinski definition) is 3. The van der Waals surface area contributed by atoms with Crippen LogP contribution in [0.2, 0.25) is 0 Å². The van der Waals surface area contributed by atoms with Crippen molar-refractivity contribution < 1.29 is 14.9 Å². The molecule has 6 heteroatoms. The zero-order chi connectivity index (χ0) is 16.4. The number of aliphatic hydroxyl groups is 1. The van der Waals surface area contributed by atoms with Gasteiger partial charge in [0.2, 0.25) is 0 Å². The van der Waals surface area contributed by atoms with Gasteiger partial charge in [-0.2, -0.15) is 0 Å². The van der Waals surface area contributed by atoms with Crippen LogP contribution in [0.5, 0.6) is 11.5 Å². The summed E-state index contributed by atoms with van der Waals surface area (Å²) in [6, 6.07) is 11.5. The summed E-state index contributed by atoms with van der Waals surface area (Å²) in [5.41, 5.74) is 0.761. The van der Waals surface area contributed by atoms with Crippen LogP contribution in [-0.2, 0) is 0 Å². The van der Waals surface area contributed by atoms with Gasteiger partial charge in [0.15, 0.2) is 0 Å². The molecule has 23 heavy (non-hydrogen) atoms. The molecule has 0 spiro atoms. The van der Waals surface area contributed by atoms with E-state index in [1.807, 2.05) is 0 Å². The summed E-state index contributed by atoms with van der Waals surface area (Å²) in [5.74, 6) is 0.505. The number of rotatable bonds is 3. The number of nitrogens with zero attached hydrogens (tertiary/aromatic N) is 1. The molecule has 3 N–H and O–H groups in total. The van der Waals surface area contributed by atoms with Crippen LogP contribution < -0.4 is 10.3 Å². The predicted octanol–water partition coefficient (Wildman–Crippen LogP) is 2.69. The van der Waals surface area contributed by atoms with E-state index in [4.69, 9.17) is 4.74 Å². The third kappa shape index (κ3) is 2.87. The van der Waals surface area contributed by atoms with Crippen LogP contribution in [0.3, 0.4) is 0 Å². The lowest BCUT2D eigenvalue weighted by Gasteiger charge is -2.04. The number of aromatic amines is 1. The van der Waals surface area contributed by atoms with Gasteiger partial charge in [0.05, 0.1) is 12.6 Å². The van der Waals surface area contributed by atoms with Crippen LogP contribution in [0.1, 0.15) is 11.3 Å². The van der Waals surface area contributed by atoms with Crippen molar-refractivity contribution in [3.63, 3.8) is 0 Å². The maximum atomic E-state index is 12.0. The second-order valence-electron chi connectivity index (χ2n) is 4.88. The van der Waals surface area contributed by atoms with Gasteiger partial charge in [0.25, 0.3) is 5.56 Å². The number of phenolic OH excluding ortho intramolecular Hbond substituents is 1. The van der Waals surface area contributed by atoms with Gasteiger partial charge >= 0.3 is 0 Å². The molecule has 0 aliphatic rings. The Bertz CT molecular complexity index is 943. The molecule has 1 heterocycles. The number of methoxy groups -OCH3 is 1. The second-order valence-corrected chi connectivity index (χ2v) is 4.88. The van der Waals surface area contributed by atoms with Gasteiger partial charge in [-0.05, 0) is 36.4 Å². The minimum atomic E-state index is -0.455. The molecule has 0 radical (unpaired) electrons. The number of phenols is 1. The van der Waals surface area contributed by atoms with E-state index >= 15 is 0 Å². The van der Waals surface area contributed by atoms with Gasteiger partial charge in [-0.3, -0.25) is 4.79 Å². The smallest absolute Gasteiger partial charge is 0.274 e. The molecule has 6 nitrogen and oxygen atoms in total. The lowest BCUT2D eigenvalue weighted by Crippen LogP contribution is -2.12. The largest absolute Gasteiger partial charge is 0.507 e. The number of benzene rings is 2. The van der Waals surface area contributed by atoms with E-state index < -0.39 is 5.56 Å². The van der Waals surface area contributed by atoms with Crippen molar-refractivity contribution in [1.82, 2.24) is 9.97 Å². The quantitative estimate of drug-likeness (QED) is 0.646. The first-order valence-electron chi connectivity index (χ1n) is 6.85. The fourth-order valence-corrected chi connectivity index (χ4v) is 2.18. The number of aromatic hydroxyl groups is 1. The van der Waals surface area contributed by atoms with E-state index in [1.54, 1.807) is 43.5 Å². The Balaban J connectivity index is 2.06. The molecule has 0 bridgehead atoms. The van der Waals surface area contributed by atoms with Crippen molar-refractivity contribution in [3.8, 4) is 11.5 Å². The minimum Gasteiger partial charge on any atom is -0.507 e. The summed E-state index contributed by atoms with van der Waals surface area (Å²) in [6.45, 7) is 0. The molecular weight excluding hydrogens is 296 g/mol. The van der Waals surface area contributed by atoms with Gasteiger partial charge < -0.3 is 19.9 Å². The first kappa shape index (κ1) is 14.6. The van der Waals surface area contributed by atoms with E-state index in [0.717, 1.165) is 0 Å². The SMILES string of the molecule is COc1ccc(C(O)=Cc2nc3c(O)cccc3[nH]c2=O)cc1. The molecule has 116 valence electrons. The lowest BCUT2D eigenvalue weighted by atomic mass is 10.1. The Morgan fingerprint density at radius 3 is 2.65 bits per heavy atom. The third-order valence-corrected chi connectivity index (χ3v) is 3.39. The summed E-state index contributed by atoms with van der Waals surface area (Å²) in [4.78, 5) is 18.8. The monoisotopic (exact) mass is 310 g/mol. The number of aliphatic hydroxyl groups excluding tert-OH is 1. The fraction of sp³-hybridized carbons (Fsp3) is 0.0588. The molecular formula is C17H14N2O4. The molecule has 0 aliphatic carbocycles. The summed E-state index contributed by atoms with van der Waals surface area (Å²) < 4.78 is 5.05. The van der Waals surface area contributed by atoms with Gasteiger partial charge in [-0.1, -0.05) is 6.07 Å². The number of hydrogen-bond acceptors (Lipinski definition) is 5. The summed E-state index contributed by atoms with van der Waals surface area (Å²) in [6.07, 6.45) is 1.26. The highest BCUT2D eigenvalue weighted by Crippen LogP contribution is 2.21. The summed E-state index contributed by atoms with van der Waals surface area (Å²) >= 11 is 0. The van der Waals surface area contributed by atoms with E-state index in [-0.39, 0.29) is 22.7 Å². The van der Waals surface area contributed by atoms with Crippen molar-refractivity contribution in [1.29, 1.82) is 0 Å². The van der Waals surface area contributed by atoms with E-state index in [9.17, 15) is 15.0 Å². The third-order valence-electron chi connectivity index (χ3n) is 3.39. The van der Waals surface area contributed by atoms with E-state index in [0.29, 0.717) is 16.8 Å². The zero-order valence-corrected chi connectivity index (χ0v) is 12.3. The van der Waals surface area contributed by atoms with Crippen molar-refractivity contribution in [2.75, 3.05) is 7.11 Å². The van der Waals surface area contributed by atoms with Crippen LogP contribution in [0.15, 0.2) is 47.3 Å². The van der Waals surface area contributed by atoms with Crippen LogP contribution in [0, 0.1) is 0 Å². The molecule has 0 fully saturated rings. The van der Waals surface area contributed by atoms with Gasteiger partial charge in [0.1, 0.15) is 28.5 Å². The topological polar surface area (TPSA) is 95.4 Å². The molecule has 0 unspecified atom stereocenters. The number of ether oxygens (including phenoxy) is 1. The van der Waals surface area contributed by atoms with Gasteiger partial charge in [-0.15, -0.1) is 0 Å². The Labute approximate surface area is 131 Å². The Morgan fingerprint density at radius 2 is 1.96 bits per heavy atom. The summed E-state index contributed by atoms with van der Waals surface area (Å²) in [7, 11) is 1.55. The Morgan fingerprint density at radius 1 is 1.22 bits per heavy atom. The van der Waals surface area contributed by atoms with Crippen LogP contribution in [-0.4, -0.2) is 27.3 Å². The lowest BCUT2D eigenvalue weighted by molar-refractivity contribution is 0.414. The molecule has 0 aliphatic heterocycles. The molecule has 0 saturated carbocycles. The number of fused-ring (bicyclic) bond motifs is 1. The number of para-hydroxylation sites is 1. The summed E-state index contributed by atoms with van der Waals surface area (Å²) in [5, 5.41) is 20.0. The van der Waals surface area contributed by atoms with Crippen molar-refractivity contribution in [3.05, 3.63) is 64.1 Å². The molecule has 3 rings (SSSR count). The molecule has 3 aromatic rings. The van der Waals surface area contributed by atoms with Gasteiger partial charge in [0, 0.05) is 11.6 Å². The molecule has 1 aromatic heterocycles. The van der Waals surface area contributed by atoms with E-state index in [2.05, 4.69) is 9.97 Å². The first-order valence-corrected chi connectivity index (χ1v) is 6.85. The fourth-order valence-electron chi connectivity index (χ4n) is 2.18. The number of H-pyrrole nitrogens is 1. The number of aromatic nitrogens is 2. The normalized spacial score (nSPS) is 11.6. The van der Waals surface area contributed by atoms with Crippen LogP contribution in [0.4, 0.5) is 0 Å². The maximum absolute atomic E-state index is 12.0. The molecule has 0 saturated heterocycles. The Hall–Kier alpha value is -3.28. The first-order chi connectivity index (χ1) is 11.1. The van der Waals surface area contributed by atoms with Crippen molar-refractivity contribution in [2.45, 2.75) is 0 Å². The van der Waals surface area contributed by atoms with E-state index in [1.165, 1.54) is 12.1 Å². The van der Waals surface area contributed by atoms with Gasteiger partial charge in [-0.25, -0.2) is 4.98 Å². The molecule has 0 atom stereocenters. The zero-order valence-electron chi connectivity index (χ0n) is 12.3. The van der Waals surface area contributed by atoms with Crippen molar-refractivity contribution >= 4 is 22.9 Å². The Kier molecular flexibility index (Phi) is 3.72. The highest BCUT2D eigenvalue weighted by Gasteiger charge is 2.08. The standard InChI is InChI=1S/C17H14N2O4/c1-23-11-7-5-10(6-8-11)15(21)9-13-17(22)19-12-3-2-4-14(20)16(12)18-13/h2-9,20-21H,1H3,(H,19,22). The van der Waals surface area contributed by atoms with Crippen LogP contribution >= 0.6 is 0 Å². The molecule has 2 aromatic carbocycles. The second kappa shape index (κ2) is 5.84. The molecule has 0 amide bonds. The van der Waals surface area contributed by atoms with Crippen LogP contribution in [0.25, 0.3) is 22.9 Å². The minimum absolute atomic E-state index is 0.00678. The average molecular weight is 310 g/mol. The number of nitrogens with one attached hydrogen (secondary N) is 1. The maximum Gasteiger partial charge on any atom is 0.274 e. The predicted molar refractivity (Wildman–Crippen MR) is 87.5 cm³/mol.